The molecule has 100 valence electrons. The third-order valence-electron chi connectivity index (χ3n) is 3.51. The number of imide groups is 1. The zero-order chi connectivity index (χ0) is 14.4. The van der Waals surface area contributed by atoms with Crippen molar-refractivity contribution in [1.29, 1.82) is 5.26 Å². The fourth-order valence-electron chi connectivity index (χ4n) is 2.64. The predicted octanol–water partition coefficient (Wildman–Crippen LogP) is 0.537. The Morgan fingerprint density at radius 3 is 2.55 bits per heavy atom. The number of hydrogen-bond acceptors (Lipinski definition) is 4. The number of nitrogens with zero attached hydrogens (tertiary/aromatic N) is 2. The smallest absolute Gasteiger partial charge is 0.330 e. The molecule has 0 radical (unpaired) electrons. The Bertz CT molecular complexity index is 689. The van der Waals surface area contributed by atoms with Gasteiger partial charge in [-0.1, -0.05) is 12.1 Å². The van der Waals surface area contributed by atoms with Crippen molar-refractivity contribution >= 4 is 11.9 Å². The van der Waals surface area contributed by atoms with Crippen LogP contribution in [0.1, 0.15) is 11.5 Å². The van der Waals surface area contributed by atoms with Crippen LogP contribution in [0.4, 0.5) is 9.18 Å². The van der Waals surface area contributed by atoms with Gasteiger partial charge in [-0.05, 0) is 17.7 Å². The zero-order valence-electron chi connectivity index (χ0n) is 10.1. The standard InChI is InChI=1S/C13H9FN4O2/c14-7-3-1-6(2-4-7)9-8(5-15)11(16)18-10(9)12(19)17-13(18)20/h1-4,9-10H,16H2,(H,17,19,20)/t9-,10-/m0/s1. The first-order chi connectivity index (χ1) is 9.54. The molecule has 0 saturated carbocycles. The number of nitrogens with one attached hydrogen (secondary N) is 1. The molecule has 3 rings (SSSR count). The maximum Gasteiger partial charge on any atom is 0.330 e. The zero-order valence-corrected chi connectivity index (χ0v) is 10.1. The monoisotopic (exact) mass is 272 g/mol. The molecular formula is C13H9FN4O2. The van der Waals surface area contributed by atoms with Gasteiger partial charge in [-0.15, -0.1) is 0 Å². The first-order valence-corrected chi connectivity index (χ1v) is 5.84. The number of fused-ring (bicyclic) bond motifs is 1. The largest absolute Gasteiger partial charge is 0.384 e. The van der Waals surface area contributed by atoms with Crippen LogP contribution in [0.2, 0.25) is 0 Å². The maximum absolute atomic E-state index is 13.0. The summed E-state index contributed by atoms with van der Waals surface area (Å²) in [6, 6.07) is 5.82. The normalized spacial score (nSPS) is 24.7. The lowest BCUT2D eigenvalue weighted by molar-refractivity contribution is -0.121. The number of nitriles is 1. The van der Waals surface area contributed by atoms with Crippen LogP contribution in [-0.2, 0) is 4.79 Å². The first kappa shape index (κ1) is 12.2. The summed E-state index contributed by atoms with van der Waals surface area (Å²) >= 11 is 0. The fourth-order valence-corrected chi connectivity index (χ4v) is 2.64. The van der Waals surface area contributed by atoms with E-state index >= 15 is 0 Å². The van der Waals surface area contributed by atoms with E-state index in [-0.39, 0.29) is 11.4 Å². The third-order valence-corrected chi connectivity index (χ3v) is 3.51. The molecule has 0 unspecified atom stereocenters. The Morgan fingerprint density at radius 1 is 1.30 bits per heavy atom. The predicted molar refractivity (Wildman–Crippen MR) is 65.1 cm³/mol. The molecule has 2 aliphatic rings. The second-order valence-electron chi connectivity index (χ2n) is 4.55. The van der Waals surface area contributed by atoms with Crippen molar-refractivity contribution in [1.82, 2.24) is 10.2 Å². The number of carbonyl (C=O) groups is 2. The highest BCUT2D eigenvalue weighted by Gasteiger charge is 2.52. The summed E-state index contributed by atoms with van der Waals surface area (Å²) in [6.07, 6.45) is 0. The van der Waals surface area contributed by atoms with E-state index in [0.29, 0.717) is 5.56 Å². The van der Waals surface area contributed by atoms with Gasteiger partial charge in [0.15, 0.2) is 0 Å². The second-order valence-corrected chi connectivity index (χ2v) is 4.55. The Hall–Kier alpha value is -2.88. The third kappa shape index (κ3) is 1.48. The highest BCUT2D eigenvalue weighted by Crippen LogP contribution is 2.41. The van der Waals surface area contributed by atoms with Crippen LogP contribution in [0.25, 0.3) is 0 Å². The molecule has 6 nitrogen and oxygen atoms in total. The number of urea groups is 1. The van der Waals surface area contributed by atoms with Crippen molar-refractivity contribution in [3.8, 4) is 6.07 Å². The number of hydrogen-bond donors (Lipinski definition) is 2. The van der Waals surface area contributed by atoms with E-state index < -0.39 is 29.7 Å². The van der Waals surface area contributed by atoms with Crippen LogP contribution in [0.3, 0.4) is 0 Å². The van der Waals surface area contributed by atoms with Gasteiger partial charge in [0.25, 0.3) is 5.91 Å². The molecule has 1 saturated heterocycles. The fraction of sp³-hybridized carbons (Fsp3) is 0.154. The molecular weight excluding hydrogens is 263 g/mol. The summed E-state index contributed by atoms with van der Waals surface area (Å²) < 4.78 is 13.0. The number of halogens is 1. The van der Waals surface area contributed by atoms with Crippen LogP contribution >= 0.6 is 0 Å². The molecule has 0 bridgehead atoms. The molecule has 3 amide bonds. The van der Waals surface area contributed by atoms with E-state index in [1.54, 1.807) is 0 Å². The molecule has 0 spiro atoms. The average Bonchev–Trinajstić information content (AvgIpc) is 2.87. The summed E-state index contributed by atoms with van der Waals surface area (Å²) in [6.45, 7) is 0. The van der Waals surface area contributed by atoms with Crippen LogP contribution in [0, 0.1) is 17.1 Å². The van der Waals surface area contributed by atoms with Crippen molar-refractivity contribution in [2.75, 3.05) is 0 Å². The molecule has 0 aliphatic carbocycles. The molecule has 20 heavy (non-hydrogen) atoms. The van der Waals surface area contributed by atoms with Crippen LogP contribution < -0.4 is 11.1 Å². The van der Waals surface area contributed by atoms with E-state index in [2.05, 4.69) is 5.32 Å². The van der Waals surface area contributed by atoms with Gasteiger partial charge in [0.05, 0.1) is 17.6 Å². The van der Waals surface area contributed by atoms with Gasteiger partial charge >= 0.3 is 6.03 Å². The lowest BCUT2D eigenvalue weighted by atomic mass is 9.87. The summed E-state index contributed by atoms with van der Waals surface area (Å²) in [7, 11) is 0. The van der Waals surface area contributed by atoms with Gasteiger partial charge in [-0.3, -0.25) is 15.0 Å². The minimum atomic E-state index is -0.886. The Morgan fingerprint density at radius 2 is 1.95 bits per heavy atom. The number of rotatable bonds is 1. The second kappa shape index (κ2) is 4.06. The molecule has 0 aromatic heterocycles. The molecule has 2 heterocycles. The average molecular weight is 272 g/mol. The number of amides is 3. The first-order valence-electron chi connectivity index (χ1n) is 5.84. The molecule has 2 aliphatic heterocycles. The Kier molecular flexibility index (Phi) is 2.47. The summed E-state index contributed by atoms with van der Waals surface area (Å²) in [5.74, 6) is -1.65. The van der Waals surface area contributed by atoms with Crippen molar-refractivity contribution < 1.29 is 14.0 Å². The summed E-state index contributed by atoms with van der Waals surface area (Å²) in [5, 5.41) is 11.4. The van der Waals surface area contributed by atoms with E-state index in [1.807, 2.05) is 6.07 Å². The van der Waals surface area contributed by atoms with Gasteiger partial charge in [0.2, 0.25) is 0 Å². The lowest BCUT2D eigenvalue weighted by Gasteiger charge is -2.18. The topological polar surface area (TPSA) is 99.2 Å². The van der Waals surface area contributed by atoms with Crippen LogP contribution in [0.5, 0.6) is 0 Å². The molecule has 1 fully saturated rings. The lowest BCUT2D eigenvalue weighted by Crippen LogP contribution is -2.35. The summed E-state index contributed by atoms with van der Waals surface area (Å²) in [5.41, 5.74) is 6.48. The van der Waals surface area contributed by atoms with E-state index in [9.17, 15) is 19.2 Å². The highest BCUT2D eigenvalue weighted by molar-refractivity contribution is 6.07. The minimum absolute atomic E-state index is 0.0322. The van der Waals surface area contributed by atoms with E-state index in [1.165, 1.54) is 24.3 Å². The number of carbonyl (C=O) groups excluding carboxylic acids is 2. The summed E-state index contributed by atoms with van der Waals surface area (Å²) in [4.78, 5) is 24.6. The van der Waals surface area contributed by atoms with Gasteiger partial charge in [0, 0.05) is 0 Å². The van der Waals surface area contributed by atoms with Crippen molar-refractivity contribution in [3.63, 3.8) is 0 Å². The van der Waals surface area contributed by atoms with Crippen molar-refractivity contribution in [2.45, 2.75) is 12.0 Å². The molecule has 1 aromatic rings. The molecule has 1 aromatic carbocycles. The molecule has 3 N–H and O–H groups in total. The minimum Gasteiger partial charge on any atom is -0.384 e. The quantitative estimate of drug-likeness (QED) is 0.729. The van der Waals surface area contributed by atoms with Crippen molar-refractivity contribution in [2.24, 2.45) is 5.73 Å². The molecule has 2 atom stereocenters. The van der Waals surface area contributed by atoms with Gasteiger partial charge in [-0.25, -0.2) is 9.18 Å². The maximum atomic E-state index is 13.0. The number of nitrogens with two attached hydrogens (primary N) is 1. The highest BCUT2D eigenvalue weighted by atomic mass is 19.1. The SMILES string of the molecule is N#CC1=C(N)N2C(=O)NC(=O)[C@@H]2[C@H]1c1ccc(F)cc1. The number of benzene rings is 1. The Labute approximate surface area is 113 Å². The van der Waals surface area contributed by atoms with Gasteiger partial charge in [-0.2, -0.15) is 5.26 Å². The van der Waals surface area contributed by atoms with Gasteiger partial charge < -0.3 is 5.73 Å². The Balaban J connectivity index is 2.14. The molecule has 7 heteroatoms. The van der Waals surface area contributed by atoms with E-state index in [4.69, 9.17) is 5.73 Å². The van der Waals surface area contributed by atoms with Crippen molar-refractivity contribution in [3.05, 3.63) is 47.0 Å². The van der Waals surface area contributed by atoms with Gasteiger partial charge in [0.1, 0.15) is 17.7 Å². The van der Waals surface area contributed by atoms with Crippen LogP contribution in [0.15, 0.2) is 35.7 Å². The van der Waals surface area contributed by atoms with Crippen LogP contribution in [-0.4, -0.2) is 22.9 Å². The van der Waals surface area contributed by atoms with E-state index in [0.717, 1.165) is 4.90 Å².